The van der Waals surface area contributed by atoms with Crippen molar-refractivity contribution in [2.45, 2.75) is 33.2 Å². The van der Waals surface area contributed by atoms with Gasteiger partial charge in [-0.15, -0.1) is 23.2 Å². The molecule has 1 rings (SSSR count). The van der Waals surface area contributed by atoms with Crippen LogP contribution in [0.4, 0.5) is 0 Å². The summed E-state index contributed by atoms with van der Waals surface area (Å²) < 4.78 is 1.95. The molecule has 16 heavy (non-hydrogen) atoms. The van der Waals surface area contributed by atoms with Crippen LogP contribution in [0.1, 0.15) is 25.2 Å². The van der Waals surface area contributed by atoms with E-state index < -0.39 is 0 Å². The molecule has 0 saturated heterocycles. The molecule has 0 radical (unpaired) electrons. The Morgan fingerprint density at radius 1 is 1.25 bits per heavy atom. The monoisotopic (exact) mass is 282 g/mol. The first-order valence-electron chi connectivity index (χ1n) is 5.53. The Bertz CT molecular complexity index is 332. The molecule has 0 atom stereocenters. The molecule has 92 valence electrons. The van der Waals surface area contributed by atoms with Crippen LogP contribution in [-0.4, -0.2) is 21.5 Å². The molecule has 0 unspecified atom stereocenters. The van der Waals surface area contributed by atoms with E-state index in [1.54, 1.807) is 0 Å². The van der Waals surface area contributed by atoms with E-state index in [2.05, 4.69) is 18.9 Å². The molecule has 0 amide bonds. The van der Waals surface area contributed by atoms with Gasteiger partial charge in [0.05, 0.1) is 16.4 Å². The lowest BCUT2D eigenvalue weighted by atomic mass is 10.1. The summed E-state index contributed by atoms with van der Waals surface area (Å²) in [7, 11) is 0. The van der Waals surface area contributed by atoms with E-state index in [0.717, 1.165) is 35.8 Å². The molecule has 2 nitrogen and oxygen atoms in total. The van der Waals surface area contributed by atoms with Crippen LogP contribution in [0, 0.1) is 5.92 Å². The van der Waals surface area contributed by atoms with Crippen molar-refractivity contribution in [3.8, 4) is 0 Å². The average molecular weight is 284 g/mol. The molecule has 1 heterocycles. The number of hydrogen-bond donors (Lipinski definition) is 0. The molecular formula is C11H17Cl3N2. The van der Waals surface area contributed by atoms with Gasteiger partial charge in [-0.3, -0.25) is 4.68 Å². The van der Waals surface area contributed by atoms with Gasteiger partial charge in [0, 0.05) is 18.3 Å². The summed E-state index contributed by atoms with van der Waals surface area (Å²) >= 11 is 18.0. The number of rotatable bonds is 6. The molecule has 0 aliphatic rings. The standard InChI is InChI=1S/C11H17Cl3N2/c1-3-9-11(14)10(16(4-2)15-9)5-8(6-12)7-13/h8H,3-7H2,1-2H3. The van der Waals surface area contributed by atoms with Crippen molar-refractivity contribution in [1.82, 2.24) is 9.78 Å². The van der Waals surface area contributed by atoms with Gasteiger partial charge in [0.25, 0.3) is 0 Å². The lowest BCUT2D eigenvalue weighted by Crippen LogP contribution is -2.12. The van der Waals surface area contributed by atoms with Gasteiger partial charge in [0.15, 0.2) is 0 Å². The number of aryl methyl sites for hydroxylation is 2. The Hall–Kier alpha value is 0.0800. The van der Waals surface area contributed by atoms with Gasteiger partial charge >= 0.3 is 0 Å². The summed E-state index contributed by atoms with van der Waals surface area (Å²) in [5.41, 5.74) is 2.02. The van der Waals surface area contributed by atoms with Crippen LogP contribution in [0.2, 0.25) is 5.02 Å². The van der Waals surface area contributed by atoms with Crippen LogP contribution in [0.25, 0.3) is 0 Å². The van der Waals surface area contributed by atoms with E-state index in [9.17, 15) is 0 Å². The summed E-state index contributed by atoms with van der Waals surface area (Å²) in [4.78, 5) is 0. The number of aromatic nitrogens is 2. The maximum atomic E-state index is 6.30. The fraction of sp³-hybridized carbons (Fsp3) is 0.727. The van der Waals surface area contributed by atoms with E-state index in [0.29, 0.717) is 11.8 Å². The van der Waals surface area contributed by atoms with Crippen molar-refractivity contribution < 1.29 is 0 Å². The minimum absolute atomic E-state index is 0.257. The second-order valence-corrected chi connectivity index (χ2v) is 4.75. The van der Waals surface area contributed by atoms with Gasteiger partial charge in [-0.2, -0.15) is 5.10 Å². The fourth-order valence-corrected chi connectivity index (χ4v) is 2.53. The highest BCUT2D eigenvalue weighted by Gasteiger charge is 2.17. The molecule has 5 heteroatoms. The third-order valence-corrected chi connectivity index (χ3v) is 3.92. The topological polar surface area (TPSA) is 17.8 Å². The summed E-state index contributed by atoms with van der Waals surface area (Å²) in [6.07, 6.45) is 1.65. The van der Waals surface area contributed by atoms with Crippen LogP contribution in [0.5, 0.6) is 0 Å². The van der Waals surface area contributed by atoms with Crippen molar-refractivity contribution in [3.63, 3.8) is 0 Å². The predicted molar refractivity (Wildman–Crippen MR) is 70.9 cm³/mol. The highest BCUT2D eigenvalue weighted by atomic mass is 35.5. The summed E-state index contributed by atoms with van der Waals surface area (Å²) in [5.74, 6) is 1.36. The van der Waals surface area contributed by atoms with Gasteiger partial charge < -0.3 is 0 Å². The van der Waals surface area contributed by atoms with Crippen LogP contribution < -0.4 is 0 Å². The lowest BCUT2D eigenvalue weighted by molar-refractivity contribution is 0.566. The highest BCUT2D eigenvalue weighted by Crippen LogP contribution is 2.25. The van der Waals surface area contributed by atoms with Gasteiger partial charge in [-0.1, -0.05) is 18.5 Å². The van der Waals surface area contributed by atoms with Crippen molar-refractivity contribution in [1.29, 1.82) is 0 Å². The minimum atomic E-state index is 0.257. The molecule has 0 aromatic carbocycles. The van der Waals surface area contributed by atoms with Gasteiger partial charge in [-0.05, 0) is 25.7 Å². The van der Waals surface area contributed by atoms with Crippen molar-refractivity contribution in [3.05, 3.63) is 16.4 Å². The van der Waals surface area contributed by atoms with E-state index >= 15 is 0 Å². The normalized spacial score (nSPS) is 11.4. The van der Waals surface area contributed by atoms with Crippen molar-refractivity contribution in [2.24, 2.45) is 5.92 Å². The van der Waals surface area contributed by atoms with Gasteiger partial charge in [-0.25, -0.2) is 0 Å². The molecule has 1 aromatic heterocycles. The lowest BCUT2D eigenvalue weighted by Gasteiger charge is -2.11. The fourth-order valence-electron chi connectivity index (χ4n) is 1.64. The molecule has 0 N–H and O–H groups in total. The van der Waals surface area contributed by atoms with Gasteiger partial charge in [0.2, 0.25) is 0 Å². The Balaban J connectivity index is 2.96. The molecule has 0 saturated carbocycles. The smallest absolute Gasteiger partial charge is 0.0849 e. The average Bonchev–Trinajstić information content (AvgIpc) is 2.62. The van der Waals surface area contributed by atoms with Crippen LogP contribution in [-0.2, 0) is 19.4 Å². The quantitative estimate of drug-likeness (QED) is 0.727. The zero-order chi connectivity index (χ0) is 12.1. The molecule has 0 fully saturated rings. The number of hydrogen-bond acceptors (Lipinski definition) is 1. The number of alkyl halides is 2. The molecule has 0 aliphatic heterocycles. The second kappa shape index (κ2) is 6.73. The Morgan fingerprint density at radius 3 is 2.31 bits per heavy atom. The van der Waals surface area contributed by atoms with Crippen molar-refractivity contribution in [2.75, 3.05) is 11.8 Å². The molecule has 1 aromatic rings. The highest BCUT2D eigenvalue weighted by molar-refractivity contribution is 6.32. The summed E-state index contributed by atoms with van der Waals surface area (Å²) in [6.45, 7) is 4.94. The Labute approximate surface area is 112 Å². The largest absolute Gasteiger partial charge is 0.268 e. The SMILES string of the molecule is CCc1nn(CC)c(CC(CCl)CCl)c1Cl. The molecule has 0 bridgehead atoms. The van der Waals surface area contributed by atoms with E-state index in [1.807, 2.05) is 4.68 Å². The van der Waals surface area contributed by atoms with Crippen LogP contribution in [0.3, 0.4) is 0 Å². The molecular weight excluding hydrogens is 266 g/mol. The van der Waals surface area contributed by atoms with Crippen molar-refractivity contribution >= 4 is 34.8 Å². The zero-order valence-corrected chi connectivity index (χ0v) is 11.9. The maximum absolute atomic E-state index is 6.30. The third-order valence-electron chi connectivity index (χ3n) is 2.61. The van der Waals surface area contributed by atoms with E-state index in [1.165, 1.54) is 0 Å². The summed E-state index contributed by atoms with van der Waals surface area (Å²) in [6, 6.07) is 0. The Morgan fingerprint density at radius 2 is 1.88 bits per heavy atom. The maximum Gasteiger partial charge on any atom is 0.0849 e. The molecule has 0 spiro atoms. The van der Waals surface area contributed by atoms with Crippen LogP contribution in [0.15, 0.2) is 0 Å². The summed E-state index contributed by atoms with van der Waals surface area (Å²) in [5, 5.41) is 5.25. The second-order valence-electron chi connectivity index (χ2n) is 3.76. The molecule has 0 aliphatic carbocycles. The third kappa shape index (κ3) is 3.06. The first kappa shape index (κ1) is 14.1. The predicted octanol–water partition coefficient (Wildman–Crippen LogP) is 3.76. The van der Waals surface area contributed by atoms with Crippen LogP contribution >= 0.6 is 34.8 Å². The Kier molecular flexibility index (Phi) is 5.95. The first-order valence-corrected chi connectivity index (χ1v) is 6.98. The van der Waals surface area contributed by atoms with Gasteiger partial charge in [0.1, 0.15) is 0 Å². The van der Waals surface area contributed by atoms with E-state index in [4.69, 9.17) is 34.8 Å². The zero-order valence-electron chi connectivity index (χ0n) is 9.64. The minimum Gasteiger partial charge on any atom is -0.268 e. The number of halogens is 3. The first-order chi connectivity index (χ1) is 7.67. The number of nitrogens with zero attached hydrogens (tertiary/aromatic N) is 2. The van der Waals surface area contributed by atoms with E-state index in [-0.39, 0.29) is 5.92 Å².